The summed E-state index contributed by atoms with van der Waals surface area (Å²) in [6, 6.07) is 3.81. The minimum atomic E-state index is -0.0480. The topological polar surface area (TPSA) is 58.1 Å². The van der Waals surface area contributed by atoms with Gasteiger partial charge in [0.25, 0.3) is 0 Å². The summed E-state index contributed by atoms with van der Waals surface area (Å²) < 4.78 is 0. The van der Waals surface area contributed by atoms with Gasteiger partial charge in [-0.15, -0.1) is 11.3 Å². The van der Waals surface area contributed by atoms with E-state index in [4.69, 9.17) is 0 Å². The summed E-state index contributed by atoms with van der Waals surface area (Å²) in [4.78, 5) is 22.2. The number of hydrogen-bond donors (Lipinski definition) is 1. The lowest BCUT2D eigenvalue weighted by Crippen LogP contribution is -2.39. The van der Waals surface area contributed by atoms with Crippen molar-refractivity contribution in [2.24, 2.45) is 0 Å². The average Bonchev–Trinajstić information content (AvgIpc) is 2.96. The van der Waals surface area contributed by atoms with Crippen LogP contribution in [0.4, 0.5) is 4.79 Å². The fraction of sp³-hybridized carbons (Fsp3) is 0.357. The second kappa shape index (κ2) is 7.00. The van der Waals surface area contributed by atoms with E-state index < -0.39 is 0 Å². The summed E-state index contributed by atoms with van der Waals surface area (Å²) in [5.74, 6) is 0. The zero-order valence-electron chi connectivity index (χ0n) is 11.7. The first kappa shape index (κ1) is 14.5. The standard InChI is InChI=1S/C14H18N4OS/c1-3-18(4-2)14(19)16-9-13-17-12(10-20-13)11-6-5-7-15-8-11/h5-8,10H,3-4,9H2,1-2H3,(H,16,19). The summed E-state index contributed by atoms with van der Waals surface area (Å²) in [7, 11) is 0. The van der Waals surface area contributed by atoms with E-state index in [9.17, 15) is 4.79 Å². The smallest absolute Gasteiger partial charge is 0.317 e. The first-order valence-electron chi connectivity index (χ1n) is 6.62. The van der Waals surface area contributed by atoms with Gasteiger partial charge in [0.2, 0.25) is 0 Å². The summed E-state index contributed by atoms with van der Waals surface area (Å²) in [5, 5.41) is 5.76. The van der Waals surface area contributed by atoms with E-state index in [-0.39, 0.29) is 6.03 Å². The largest absolute Gasteiger partial charge is 0.331 e. The number of pyridine rings is 1. The van der Waals surface area contributed by atoms with Gasteiger partial charge in [0.15, 0.2) is 0 Å². The number of hydrogen-bond acceptors (Lipinski definition) is 4. The number of aromatic nitrogens is 2. The van der Waals surface area contributed by atoms with E-state index in [1.807, 2.05) is 31.4 Å². The number of rotatable bonds is 5. The molecule has 2 rings (SSSR count). The van der Waals surface area contributed by atoms with Crippen LogP contribution in [0.5, 0.6) is 0 Å². The van der Waals surface area contributed by atoms with E-state index >= 15 is 0 Å². The van der Waals surface area contributed by atoms with Crippen LogP contribution >= 0.6 is 11.3 Å². The zero-order chi connectivity index (χ0) is 14.4. The van der Waals surface area contributed by atoms with Crippen LogP contribution in [0.3, 0.4) is 0 Å². The van der Waals surface area contributed by atoms with Crippen molar-refractivity contribution in [3.8, 4) is 11.3 Å². The highest BCUT2D eigenvalue weighted by Gasteiger charge is 2.10. The van der Waals surface area contributed by atoms with Crippen molar-refractivity contribution in [1.29, 1.82) is 0 Å². The van der Waals surface area contributed by atoms with Crippen molar-refractivity contribution in [2.75, 3.05) is 13.1 Å². The van der Waals surface area contributed by atoms with E-state index in [2.05, 4.69) is 15.3 Å². The van der Waals surface area contributed by atoms with Gasteiger partial charge >= 0.3 is 6.03 Å². The molecule has 5 nitrogen and oxygen atoms in total. The van der Waals surface area contributed by atoms with Gasteiger partial charge in [-0.25, -0.2) is 9.78 Å². The SMILES string of the molecule is CCN(CC)C(=O)NCc1nc(-c2cccnc2)cs1. The molecule has 2 heterocycles. The molecule has 0 unspecified atom stereocenters. The molecule has 0 spiro atoms. The molecule has 0 aromatic carbocycles. The monoisotopic (exact) mass is 290 g/mol. The highest BCUT2D eigenvalue weighted by atomic mass is 32.1. The molecule has 1 N–H and O–H groups in total. The molecule has 0 radical (unpaired) electrons. The Balaban J connectivity index is 1.95. The molecule has 20 heavy (non-hydrogen) atoms. The third-order valence-corrected chi connectivity index (χ3v) is 3.80. The Morgan fingerprint density at radius 3 is 2.85 bits per heavy atom. The zero-order valence-corrected chi connectivity index (χ0v) is 12.5. The molecule has 0 saturated carbocycles. The maximum atomic E-state index is 11.8. The Labute approximate surface area is 122 Å². The Morgan fingerprint density at radius 2 is 2.20 bits per heavy atom. The van der Waals surface area contributed by atoms with E-state index in [0.717, 1.165) is 16.3 Å². The number of thiazole rings is 1. The number of carbonyl (C=O) groups is 1. The summed E-state index contributed by atoms with van der Waals surface area (Å²) in [6.07, 6.45) is 3.52. The van der Waals surface area contributed by atoms with Crippen LogP contribution in [0.15, 0.2) is 29.9 Å². The molecule has 0 aliphatic carbocycles. The maximum absolute atomic E-state index is 11.8. The highest BCUT2D eigenvalue weighted by molar-refractivity contribution is 7.09. The minimum absolute atomic E-state index is 0.0480. The molecule has 2 aromatic rings. The van der Waals surface area contributed by atoms with Crippen molar-refractivity contribution < 1.29 is 4.79 Å². The Morgan fingerprint density at radius 1 is 1.40 bits per heavy atom. The first-order valence-corrected chi connectivity index (χ1v) is 7.50. The minimum Gasteiger partial charge on any atom is -0.331 e. The molecule has 2 amide bonds. The van der Waals surface area contributed by atoms with Crippen LogP contribution in [0, 0.1) is 0 Å². The second-order valence-corrected chi connectivity index (χ2v) is 5.14. The molecule has 106 valence electrons. The van der Waals surface area contributed by atoms with Gasteiger partial charge in [-0.2, -0.15) is 0 Å². The molecule has 0 atom stereocenters. The number of nitrogens with one attached hydrogen (secondary N) is 1. The maximum Gasteiger partial charge on any atom is 0.317 e. The molecule has 6 heteroatoms. The Bertz CT molecular complexity index is 551. The van der Waals surface area contributed by atoms with Gasteiger partial charge in [0.05, 0.1) is 12.2 Å². The van der Waals surface area contributed by atoms with Gasteiger partial charge < -0.3 is 10.2 Å². The van der Waals surface area contributed by atoms with Crippen LogP contribution in [0.1, 0.15) is 18.9 Å². The lowest BCUT2D eigenvalue weighted by Gasteiger charge is -2.18. The lowest BCUT2D eigenvalue weighted by atomic mass is 10.2. The highest BCUT2D eigenvalue weighted by Crippen LogP contribution is 2.20. The molecule has 0 fully saturated rings. The predicted octanol–water partition coefficient (Wildman–Crippen LogP) is 2.76. The van der Waals surface area contributed by atoms with Crippen LogP contribution in [0.2, 0.25) is 0 Å². The third-order valence-electron chi connectivity index (χ3n) is 2.95. The summed E-state index contributed by atoms with van der Waals surface area (Å²) >= 11 is 1.54. The van der Waals surface area contributed by atoms with Crippen molar-refractivity contribution in [3.63, 3.8) is 0 Å². The fourth-order valence-electron chi connectivity index (χ4n) is 1.81. The van der Waals surface area contributed by atoms with Crippen LogP contribution in [-0.4, -0.2) is 34.0 Å². The molecule has 0 bridgehead atoms. The summed E-state index contributed by atoms with van der Waals surface area (Å²) in [6.45, 7) is 5.81. The van der Waals surface area contributed by atoms with E-state index in [1.165, 1.54) is 0 Å². The predicted molar refractivity (Wildman–Crippen MR) is 80.5 cm³/mol. The molecule has 0 aliphatic rings. The van der Waals surface area contributed by atoms with E-state index in [0.29, 0.717) is 19.6 Å². The van der Waals surface area contributed by atoms with Gasteiger partial charge in [-0.3, -0.25) is 4.98 Å². The number of nitrogens with zero attached hydrogens (tertiary/aromatic N) is 3. The van der Waals surface area contributed by atoms with Crippen LogP contribution in [-0.2, 0) is 6.54 Å². The molecule has 0 aliphatic heterocycles. The second-order valence-electron chi connectivity index (χ2n) is 4.20. The number of urea groups is 1. The van der Waals surface area contributed by atoms with Crippen LogP contribution < -0.4 is 5.32 Å². The Kier molecular flexibility index (Phi) is 5.06. The lowest BCUT2D eigenvalue weighted by molar-refractivity contribution is 0.203. The van der Waals surface area contributed by atoms with Crippen LogP contribution in [0.25, 0.3) is 11.3 Å². The third kappa shape index (κ3) is 3.54. The van der Waals surface area contributed by atoms with E-state index in [1.54, 1.807) is 28.6 Å². The van der Waals surface area contributed by atoms with Crippen molar-refractivity contribution >= 4 is 17.4 Å². The average molecular weight is 290 g/mol. The van der Waals surface area contributed by atoms with Crippen molar-refractivity contribution in [2.45, 2.75) is 20.4 Å². The first-order chi connectivity index (χ1) is 9.74. The molecular weight excluding hydrogens is 272 g/mol. The fourth-order valence-corrected chi connectivity index (χ4v) is 2.56. The summed E-state index contributed by atoms with van der Waals surface area (Å²) in [5.41, 5.74) is 1.89. The number of carbonyl (C=O) groups excluding carboxylic acids is 1. The normalized spacial score (nSPS) is 10.3. The van der Waals surface area contributed by atoms with Gasteiger partial charge in [0.1, 0.15) is 5.01 Å². The van der Waals surface area contributed by atoms with Gasteiger partial charge in [0, 0.05) is 36.4 Å². The molecule has 0 saturated heterocycles. The molecule has 2 aromatic heterocycles. The molecular formula is C14H18N4OS. The van der Waals surface area contributed by atoms with Gasteiger partial charge in [-0.1, -0.05) is 0 Å². The quantitative estimate of drug-likeness (QED) is 0.921. The van der Waals surface area contributed by atoms with Crippen molar-refractivity contribution in [3.05, 3.63) is 34.9 Å². The number of amides is 2. The van der Waals surface area contributed by atoms with Gasteiger partial charge in [-0.05, 0) is 26.0 Å². The van der Waals surface area contributed by atoms with Crippen molar-refractivity contribution in [1.82, 2.24) is 20.2 Å². The Hall–Kier alpha value is -1.95.